The molecule has 1 fully saturated rings. The van der Waals surface area contributed by atoms with Gasteiger partial charge in [0.05, 0.1) is 4.34 Å². The van der Waals surface area contributed by atoms with Crippen molar-refractivity contribution in [1.29, 1.82) is 0 Å². The fourth-order valence-corrected chi connectivity index (χ4v) is 3.61. The first kappa shape index (κ1) is 21.5. The number of carbonyl (C=O) groups is 1. The molecule has 0 aromatic carbocycles. The summed E-state index contributed by atoms with van der Waals surface area (Å²) < 4.78 is 0.831. The van der Waals surface area contributed by atoms with Gasteiger partial charge < -0.3 is 15.5 Å². The third-order valence-electron chi connectivity index (χ3n) is 3.66. The summed E-state index contributed by atoms with van der Waals surface area (Å²) in [6.45, 7) is 6.16. The lowest BCUT2D eigenvalue weighted by Crippen LogP contribution is -2.38. The van der Waals surface area contributed by atoms with E-state index in [0.717, 1.165) is 62.3 Å². The Hall–Kier alpha value is -0.540. The van der Waals surface area contributed by atoms with E-state index in [2.05, 4.69) is 28.6 Å². The molecule has 0 spiro atoms. The summed E-state index contributed by atoms with van der Waals surface area (Å²) in [7, 11) is 0. The van der Waals surface area contributed by atoms with Crippen LogP contribution in [0.25, 0.3) is 0 Å². The van der Waals surface area contributed by atoms with Gasteiger partial charge >= 0.3 is 0 Å². The SMILES string of the molecule is CCNC(=NCCCN1CCCC1=O)NCCc1ccc(Cl)s1.I. The smallest absolute Gasteiger partial charge is 0.222 e. The summed E-state index contributed by atoms with van der Waals surface area (Å²) in [5.74, 6) is 1.12. The quantitative estimate of drug-likeness (QED) is 0.258. The number of aliphatic imine (C=N–C) groups is 1. The molecule has 0 bridgehead atoms. The molecule has 1 aliphatic rings. The van der Waals surface area contributed by atoms with Gasteiger partial charge in [-0.25, -0.2) is 0 Å². The van der Waals surface area contributed by atoms with Gasteiger partial charge in [0.1, 0.15) is 0 Å². The van der Waals surface area contributed by atoms with Crippen LogP contribution in [0.15, 0.2) is 17.1 Å². The first-order valence-corrected chi connectivity index (χ1v) is 9.42. The van der Waals surface area contributed by atoms with E-state index in [1.165, 1.54) is 4.88 Å². The molecule has 5 nitrogen and oxygen atoms in total. The summed E-state index contributed by atoms with van der Waals surface area (Å²) in [6.07, 6.45) is 3.55. The molecule has 0 aliphatic carbocycles. The number of guanidine groups is 1. The number of likely N-dealkylation sites (tertiary alicyclic amines) is 1. The number of nitrogens with zero attached hydrogens (tertiary/aromatic N) is 2. The lowest BCUT2D eigenvalue weighted by Gasteiger charge is -2.15. The molecule has 1 saturated heterocycles. The van der Waals surface area contributed by atoms with Gasteiger partial charge in [-0.2, -0.15) is 0 Å². The summed E-state index contributed by atoms with van der Waals surface area (Å²) in [6, 6.07) is 3.99. The number of nitrogens with one attached hydrogen (secondary N) is 2. The largest absolute Gasteiger partial charge is 0.357 e. The van der Waals surface area contributed by atoms with Crippen LogP contribution in [0, 0.1) is 0 Å². The molecule has 1 amide bonds. The van der Waals surface area contributed by atoms with Crippen LogP contribution >= 0.6 is 46.9 Å². The molecule has 24 heavy (non-hydrogen) atoms. The van der Waals surface area contributed by atoms with Crippen molar-refractivity contribution in [2.24, 2.45) is 4.99 Å². The molecular formula is C16H26ClIN4OS. The molecule has 2 rings (SSSR count). The molecule has 1 aliphatic heterocycles. The van der Waals surface area contributed by atoms with Crippen molar-refractivity contribution < 1.29 is 4.79 Å². The van der Waals surface area contributed by atoms with E-state index in [1.807, 2.05) is 11.0 Å². The third-order valence-corrected chi connectivity index (χ3v) is 4.96. The van der Waals surface area contributed by atoms with Crippen LogP contribution in [0.3, 0.4) is 0 Å². The van der Waals surface area contributed by atoms with E-state index < -0.39 is 0 Å². The molecule has 0 radical (unpaired) electrons. The number of hydrogen-bond donors (Lipinski definition) is 2. The molecule has 0 unspecified atom stereocenters. The molecular weight excluding hydrogens is 459 g/mol. The maximum atomic E-state index is 11.5. The molecule has 2 N–H and O–H groups in total. The predicted molar refractivity (Wildman–Crippen MR) is 113 cm³/mol. The second kappa shape index (κ2) is 11.9. The zero-order chi connectivity index (χ0) is 16.5. The van der Waals surface area contributed by atoms with E-state index in [4.69, 9.17) is 11.6 Å². The Labute approximate surface area is 170 Å². The highest BCUT2D eigenvalue weighted by Crippen LogP contribution is 2.21. The predicted octanol–water partition coefficient (Wildman–Crippen LogP) is 3.13. The van der Waals surface area contributed by atoms with Gasteiger partial charge in [0.2, 0.25) is 5.91 Å². The lowest BCUT2D eigenvalue weighted by atomic mass is 10.3. The maximum absolute atomic E-state index is 11.5. The standard InChI is InChI=1S/C16H25ClN4OS.HI/c1-2-18-16(20-10-8-13-6-7-14(17)23-13)19-9-4-12-21-11-3-5-15(21)22;/h6-7H,2-5,8-12H2,1H3,(H2,18,19,20);1H. The van der Waals surface area contributed by atoms with E-state index in [9.17, 15) is 4.79 Å². The summed E-state index contributed by atoms with van der Waals surface area (Å²) in [5.41, 5.74) is 0. The minimum absolute atomic E-state index is 0. The minimum Gasteiger partial charge on any atom is -0.357 e. The van der Waals surface area contributed by atoms with E-state index in [1.54, 1.807) is 11.3 Å². The highest BCUT2D eigenvalue weighted by molar-refractivity contribution is 14.0. The van der Waals surface area contributed by atoms with Crippen LogP contribution < -0.4 is 10.6 Å². The normalized spacial score (nSPS) is 14.7. The van der Waals surface area contributed by atoms with Crippen LogP contribution in [0.1, 0.15) is 31.1 Å². The number of thiophene rings is 1. The Morgan fingerprint density at radius 1 is 1.42 bits per heavy atom. The minimum atomic E-state index is 0. The van der Waals surface area contributed by atoms with Crippen LogP contribution in [0.4, 0.5) is 0 Å². The van der Waals surface area contributed by atoms with Crippen molar-refractivity contribution in [1.82, 2.24) is 15.5 Å². The molecule has 0 saturated carbocycles. The zero-order valence-electron chi connectivity index (χ0n) is 14.0. The number of carbonyl (C=O) groups excluding carboxylic acids is 1. The highest BCUT2D eigenvalue weighted by atomic mass is 127. The molecule has 136 valence electrons. The van der Waals surface area contributed by atoms with Gasteiger partial charge in [0.15, 0.2) is 5.96 Å². The number of amides is 1. The van der Waals surface area contributed by atoms with Crippen LogP contribution in [0.2, 0.25) is 4.34 Å². The Morgan fingerprint density at radius 3 is 2.88 bits per heavy atom. The number of rotatable bonds is 8. The van der Waals surface area contributed by atoms with Crippen molar-refractivity contribution in [2.45, 2.75) is 32.6 Å². The Bertz CT molecular complexity index is 538. The Morgan fingerprint density at radius 2 is 2.25 bits per heavy atom. The van der Waals surface area contributed by atoms with Crippen LogP contribution in [-0.4, -0.2) is 49.5 Å². The fourth-order valence-electron chi connectivity index (χ4n) is 2.52. The third kappa shape index (κ3) is 7.57. The van der Waals surface area contributed by atoms with Gasteiger partial charge in [-0.15, -0.1) is 35.3 Å². The van der Waals surface area contributed by atoms with Crippen molar-refractivity contribution in [3.8, 4) is 0 Å². The first-order valence-electron chi connectivity index (χ1n) is 8.23. The summed E-state index contributed by atoms with van der Waals surface area (Å²) in [5, 5.41) is 6.58. The van der Waals surface area contributed by atoms with E-state index in [-0.39, 0.29) is 29.9 Å². The molecule has 1 aromatic heterocycles. The second-order valence-electron chi connectivity index (χ2n) is 5.48. The van der Waals surface area contributed by atoms with Gasteiger partial charge in [-0.1, -0.05) is 11.6 Å². The van der Waals surface area contributed by atoms with E-state index >= 15 is 0 Å². The van der Waals surface area contributed by atoms with Gasteiger partial charge in [0.25, 0.3) is 0 Å². The highest BCUT2D eigenvalue weighted by Gasteiger charge is 2.18. The average molecular weight is 485 g/mol. The van der Waals surface area contributed by atoms with Crippen molar-refractivity contribution in [2.75, 3.05) is 32.7 Å². The lowest BCUT2D eigenvalue weighted by molar-refractivity contribution is -0.127. The zero-order valence-corrected chi connectivity index (χ0v) is 17.9. The second-order valence-corrected chi connectivity index (χ2v) is 7.28. The molecule has 0 atom stereocenters. The van der Waals surface area contributed by atoms with Crippen molar-refractivity contribution in [3.05, 3.63) is 21.3 Å². The fraction of sp³-hybridized carbons (Fsp3) is 0.625. The van der Waals surface area contributed by atoms with Gasteiger partial charge in [-0.3, -0.25) is 9.79 Å². The summed E-state index contributed by atoms with van der Waals surface area (Å²) >= 11 is 7.55. The Balaban J connectivity index is 0.00000288. The molecule has 1 aromatic rings. The molecule has 8 heteroatoms. The van der Waals surface area contributed by atoms with Crippen LogP contribution in [0.5, 0.6) is 0 Å². The van der Waals surface area contributed by atoms with Crippen LogP contribution in [-0.2, 0) is 11.2 Å². The maximum Gasteiger partial charge on any atom is 0.222 e. The first-order chi connectivity index (χ1) is 11.2. The summed E-state index contributed by atoms with van der Waals surface area (Å²) in [4.78, 5) is 19.3. The van der Waals surface area contributed by atoms with E-state index in [0.29, 0.717) is 6.42 Å². The number of halogens is 2. The van der Waals surface area contributed by atoms with Gasteiger partial charge in [-0.05, 0) is 38.3 Å². The average Bonchev–Trinajstić information content (AvgIpc) is 3.12. The molecule has 2 heterocycles. The van der Waals surface area contributed by atoms with Crippen molar-refractivity contribution in [3.63, 3.8) is 0 Å². The topological polar surface area (TPSA) is 56.7 Å². The van der Waals surface area contributed by atoms with Gasteiger partial charge in [0, 0.05) is 44.0 Å². The monoisotopic (exact) mass is 484 g/mol. The Kier molecular flexibility index (Phi) is 10.7. The van der Waals surface area contributed by atoms with Crippen molar-refractivity contribution >= 4 is 58.8 Å². The number of hydrogen-bond acceptors (Lipinski definition) is 3.